The number of nitrogens with zero attached hydrogens (tertiary/aromatic N) is 4. The van der Waals surface area contributed by atoms with Gasteiger partial charge in [-0.25, -0.2) is 4.98 Å². The third kappa shape index (κ3) is 5.90. The van der Waals surface area contributed by atoms with E-state index in [2.05, 4.69) is 55.0 Å². The second kappa shape index (κ2) is 10.0. The highest BCUT2D eigenvalue weighted by Gasteiger charge is 2.24. The Kier molecular flexibility index (Phi) is 6.96. The van der Waals surface area contributed by atoms with E-state index >= 15 is 0 Å². The SMILES string of the molecule is O=C(CC[C@H]1CCCN(Cc2ncc[nH]2)C1)N1CCN(Cc2ccccc2)CC1. The molecule has 1 aromatic heterocycles. The van der Waals surface area contributed by atoms with Gasteiger partial charge in [-0.2, -0.15) is 0 Å². The third-order valence-electron chi connectivity index (χ3n) is 6.27. The van der Waals surface area contributed by atoms with E-state index in [0.29, 0.717) is 18.2 Å². The van der Waals surface area contributed by atoms with Gasteiger partial charge < -0.3 is 9.88 Å². The van der Waals surface area contributed by atoms with Crippen LogP contribution in [0.15, 0.2) is 42.7 Å². The highest BCUT2D eigenvalue weighted by Crippen LogP contribution is 2.22. The van der Waals surface area contributed by atoms with E-state index < -0.39 is 0 Å². The minimum Gasteiger partial charge on any atom is -0.348 e. The quantitative estimate of drug-likeness (QED) is 0.783. The summed E-state index contributed by atoms with van der Waals surface area (Å²) < 4.78 is 0. The molecule has 1 aromatic carbocycles. The standard InChI is InChI=1S/C23H33N5O/c29-23(28-15-13-26(14-16-28)17-20-5-2-1-3-6-20)9-8-21-7-4-12-27(18-21)19-22-24-10-11-25-22/h1-3,5-6,10-11,21H,4,7-9,12-19H2,(H,24,25)/t21-/m1/s1. The molecule has 2 saturated heterocycles. The van der Waals surface area contributed by atoms with Crippen molar-refractivity contribution in [3.8, 4) is 0 Å². The van der Waals surface area contributed by atoms with Gasteiger partial charge in [-0.15, -0.1) is 0 Å². The Balaban J connectivity index is 1.16. The van der Waals surface area contributed by atoms with Gasteiger partial charge in [0.2, 0.25) is 5.91 Å². The van der Waals surface area contributed by atoms with Crippen molar-refractivity contribution in [2.45, 2.75) is 38.8 Å². The highest BCUT2D eigenvalue weighted by molar-refractivity contribution is 5.76. The van der Waals surface area contributed by atoms with Crippen molar-refractivity contribution >= 4 is 5.91 Å². The van der Waals surface area contributed by atoms with Crippen LogP contribution >= 0.6 is 0 Å². The highest BCUT2D eigenvalue weighted by atomic mass is 16.2. The molecular weight excluding hydrogens is 362 g/mol. The Morgan fingerprint density at radius 3 is 2.62 bits per heavy atom. The topological polar surface area (TPSA) is 55.5 Å². The Hall–Kier alpha value is -2.18. The number of carbonyl (C=O) groups is 1. The Labute approximate surface area is 173 Å². The molecule has 0 spiro atoms. The molecule has 1 atom stereocenters. The molecule has 3 heterocycles. The zero-order valence-corrected chi connectivity index (χ0v) is 17.3. The van der Waals surface area contributed by atoms with Gasteiger partial charge in [0, 0.05) is 58.1 Å². The molecule has 6 heteroatoms. The number of aromatic nitrogens is 2. The fourth-order valence-corrected chi connectivity index (χ4v) is 4.61. The van der Waals surface area contributed by atoms with E-state index in [0.717, 1.165) is 64.6 Å². The van der Waals surface area contributed by atoms with Gasteiger partial charge in [-0.3, -0.25) is 14.6 Å². The number of imidazole rings is 1. The third-order valence-corrected chi connectivity index (χ3v) is 6.27. The lowest BCUT2D eigenvalue weighted by Gasteiger charge is -2.36. The molecule has 0 saturated carbocycles. The Bertz CT molecular complexity index is 740. The van der Waals surface area contributed by atoms with E-state index in [-0.39, 0.29) is 0 Å². The van der Waals surface area contributed by atoms with Crippen LogP contribution in [0.1, 0.15) is 37.1 Å². The summed E-state index contributed by atoms with van der Waals surface area (Å²) in [7, 11) is 0. The smallest absolute Gasteiger partial charge is 0.222 e. The van der Waals surface area contributed by atoms with E-state index in [9.17, 15) is 4.79 Å². The number of hydrogen-bond acceptors (Lipinski definition) is 4. The Morgan fingerprint density at radius 2 is 1.86 bits per heavy atom. The summed E-state index contributed by atoms with van der Waals surface area (Å²) in [5.74, 6) is 2.00. The average Bonchev–Trinajstić information content (AvgIpc) is 3.27. The van der Waals surface area contributed by atoms with Crippen molar-refractivity contribution < 1.29 is 4.79 Å². The van der Waals surface area contributed by atoms with Crippen LogP contribution in [-0.2, 0) is 17.9 Å². The normalized spacial score (nSPS) is 21.4. The minimum absolute atomic E-state index is 0.340. The summed E-state index contributed by atoms with van der Waals surface area (Å²) in [6.45, 7) is 7.76. The summed E-state index contributed by atoms with van der Waals surface area (Å²) in [5, 5.41) is 0. The maximum atomic E-state index is 12.7. The molecule has 0 radical (unpaired) electrons. The van der Waals surface area contributed by atoms with Gasteiger partial charge in [-0.1, -0.05) is 30.3 Å². The number of hydrogen-bond donors (Lipinski definition) is 1. The van der Waals surface area contributed by atoms with Crippen LogP contribution in [0.5, 0.6) is 0 Å². The summed E-state index contributed by atoms with van der Waals surface area (Å²) in [5.41, 5.74) is 1.35. The van der Waals surface area contributed by atoms with Crippen LogP contribution < -0.4 is 0 Å². The maximum Gasteiger partial charge on any atom is 0.222 e. The first-order valence-corrected chi connectivity index (χ1v) is 11.0. The second-order valence-electron chi connectivity index (χ2n) is 8.46. The van der Waals surface area contributed by atoms with E-state index in [1.54, 1.807) is 0 Å². The van der Waals surface area contributed by atoms with Crippen LogP contribution in [0.2, 0.25) is 0 Å². The van der Waals surface area contributed by atoms with Crippen LogP contribution in [-0.4, -0.2) is 69.8 Å². The van der Waals surface area contributed by atoms with Gasteiger partial charge in [0.05, 0.1) is 6.54 Å². The predicted molar refractivity (Wildman–Crippen MR) is 114 cm³/mol. The van der Waals surface area contributed by atoms with Gasteiger partial charge in [0.1, 0.15) is 5.82 Å². The van der Waals surface area contributed by atoms with E-state index in [4.69, 9.17) is 0 Å². The summed E-state index contributed by atoms with van der Waals surface area (Å²) >= 11 is 0. The maximum absolute atomic E-state index is 12.7. The molecule has 0 bridgehead atoms. The molecule has 156 valence electrons. The fourth-order valence-electron chi connectivity index (χ4n) is 4.61. The number of likely N-dealkylation sites (tertiary alicyclic amines) is 1. The summed E-state index contributed by atoms with van der Waals surface area (Å²) in [4.78, 5) is 27.3. The molecule has 29 heavy (non-hydrogen) atoms. The fraction of sp³-hybridized carbons (Fsp3) is 0.565. The predicted octanol–water partition coefficient (Wildman–Crippen LogP) is 2.75. The van der Waals surface area contributed by atoms with Crippen molar-refractivity contribution in [2.24, 2.45) is 5.92 Å². The molecule has 2 fully saturated rings. The van der Waals surface area contributed by atoms with Gasteiger partial charge in [0.25, 0.3) is 0 Å². The molecule has 6 nitrogen and oxygen atoms in total. The molecule has 0 aliphatic carbocycles. The first kappa shape index (κ1) is 20.1. The van der Waals surface area contributed by atoms with Gasteiger partial charge in [0.15, 0.2) is 0 Å². The number of amides is 1. The molecule has 2 aliphatic rings. The number of piperazine rings is 1. The lowest BCUT2D eigenvalue weighted by Crippen LogP contribution is -2.48. The van der Waals surface area contributed by atoms with Crippen molar-refractivity contribution in [3.63, 3.8) is 0 Å². The van der Waals surface area contributed by atoms with E-state index in [1.807, 2.05) is 12.4 Å². The minimum atomic E-state index is 0.340. The lowest BCUT2D eigenvalue weighted by molar-refractivity contribution is -0.133. The van der Waals surface area contributed by atoms with Crippen molar-refractivity contribution in [2.75, 3.05) is 39.3 Å². The lowest BCUT2D eigenvalue weighted by atomic mass is 9.93. The molecule has 4 rings (SSSR count). The van der Waals surface area contributed by atoms with Crippen molar-refractivity contribution in [3.05, 3.63) is 54.1 Å². The molecule has 1 N–H and O–H groups in total. The van der Waals surface area contributed by atoms with Gasteiger partial charge >= 0.3 is 0 Å². The first-order chi connectivity index (χ1) is 14.3. The van der Waals surface area contributed by atoms with E-state index in [1.165, 1.54) is 18.4 Å². The summed E-state index contributed by atoms with van der Waals surface area (Å²) in [6, 6.07) is 10.6. The first-order valence-electron chi connectivity index (χ1n) is 11.0. The van der Waals surface area contributed by atoms with Crippen molar-refractivity contribution in [1.29, 1.82) is 0 Å². The second-order valence-corrected chi connectivity index (χ2v) is 8.46. The van der Waals surface area contributed by atoms with Crippen LogP contribution in [0.25, 0.3) is 0 Å². The monoisotopic (exact) mass is 395 g/mol. The number of piperidine rings is 1. The number of nitrogens with one attached hydrogen (secondary N) is 1. The van der Waals surface area contributed by atoms with Crippen LogP contribution in [0.4, 0.5) is 0 Å². The van der Waals surface area contributed by atoms with Crippen molar-refractivity contribution in [1.82, 2.24) is 24.7 Å². The largest absolute Gasteiger partial charge is 0.348 e. The molecule has 1 amide bonds. The van der Waals surface area contributed by atoms with Gasteiger partial charge in [-0.05, 0) is 37.3 Å². The summed E-state index contributed by atoms with van der Waals surface area (Å²) in [6.07, 6.45) is 7.87. The molecular formula is C23H33N5O. The molecule has 2 aliphatic heterocycles. The molecule has 0 unspecified atom stereocenters. The zero-order chi connectivity index (χ0) is 19.9. The number of benzene rings is 1. The van der Waals surface area contributed by atoms with Crippen LogP contribution in [0.3, 0.4) is 0 Å². The zero-order valence-electron chi connectivity index (χ0n) is 17.3. The number of aromatic amines is 1. The number of carbonyl (C=O) groups excluding carboxylic acids is 1. The van der Waals surface area contributed by atoms with Crippen LogP contribution in [0, 0.1) is 5.92 Å². The molecule has 2 aromatic rings. The number of H-pyrrole nitrogens is 1. The number of rotatable bonds is 7. The average molecular weight is 396 g/mol. The Morgan fingerprint density at radius 1 is 1.03 bits per heavy atom.